The standard InChI is InChI=1S/C13H12N4O3S/c1-6-10(13(19)20)7(2)17(16-6)5-9-14-8-3-4-21-11(8)12(18)15-9/h3-4H,5H2,1-2H3,(H,19,20)(H,14,15,18). The molecule has 0 aromatic carbocycles. The molecule has 7 nitrogen and oxygen atoms in total. The minimum Gasteiger partial charge on any atom is -0.478 e. The van der Waals surface area contributed by atoms with E-state index in [0.717, 1.165) is 0 Å². The van der Waals surface area contributed by atoms with Crippen molar-refractivity contribution in [1.29, 1.82) is 0 Å². The van der Waals surface area contributed by atoms with E-state index in [1.54, 1.807) is 19.9 Å². The normalized spacial score (nSPS) is 11.1. The third-order valence-electron chi connectivity index (χ3n) is 3.26. The van der Waals surface area contributed by atoms with Crippen LogP contribution >= 0.6 is 11.3 Å². The van der Waals surface area contributed by atoms with Crippen LogP contribution in [0, 0.1) is 13.8 Å². The molecule has 0 fully saturated rings. The summed E-state index contributed by atoms with van der Waals surface area (Å²) in [6.07, 6.45) is 0. The van der Waals surface area contributed by atoms with Crippen LogP contribution in [0.4, 0.5) is 0 Å². The maximum Gasteiger partial charge on any atom is 0.339 e. The molecule has 0 aliphatic rings. The number of aromatic amines is 1. The van der Waals surface area contributed by atoms with E-state index in [1.807, 2.05) is 5.38 Å². The number of nitrogens with one attached hydrogen (secondary N) is 1. The van der Waals surface area contributed by atoms with Gasteiger partial charge < -0.3 is 10.1 Å². The highest BCUT2D eigenvalue weighted by atomic mass is 32.1. The number of hydrogen-bond donors (Lipinski definition) is 2. The molecule has 0 amide bonds. The Labute approximate surface area is 122 Å². The Balaban J connectivity index is 2.04. The van der Waals surface area contributed by atoms with Gasteiger partial charge in [0.2, 0.25) is 0 Å². The van der Waals surface area contributed by atoms with Gasteiger partial charge in [0.25, 0.3) is 5.56 Å². The molecule has 0 saturated carbocycles. The number of thiophene rings is 1. The van der Waals surface area contributed by atoms with Gasteiger partial charge in [-0.1, -0.05) is 0 Å². The molecule has 0 aliphatic heterocycles. The topological polar surface area (TPSA) is 101 Å². The van der Waals surface area contributed by atoms with E-state index in [4.69, 9.17) is 5.11 Å². The lowest BCUT2D eigenvalue weighted by atomic mass is 10.2. The number of carbonyl (C=O) groups is 1. The summed E-state index contributed by atoms with van der Waals surface area (Å²) < 4.78 is 2.12. The van der Waals surface area contributed by atoms with Crippen LogP contribution in [0.5, 0.6) is 0 Å². The summed E-state index contributed by atoms with van der Waals surface area (Å²) in [5.41, 5.74) is 1.62. The molecule has 21 heavy (non-hydrogen) atoms. The fourth-order valence-corrected chi connectivity index (χ4v) is 3.02. The van der Waals surface area contributed by atoms with Gasteiger partial charge in [-0.3, -0.25) is 9.48 Å². The van der Waals surface area contributed by atoms with Crippen LogP contribution in [0.1, 0.15) is 27.6 Å². The number of hydrogen-bond acceptors (Lipinski definition) is 5. The smallest absolute Gasteiger partial charge is 0.339 e. The number of fused-ring (bicyclic) bond motifs is 1. The number of H-pyrrole nitrogens is 1. The zero-order chi connectivity index (χ0) is 15.1. The minimum absolute atomic E-state index is 0.189. The molecule has 0 spiro atoms. The lowest BCUT2D eigenvalue weighted by Gasteiger charge is -2.04. The molecular formula is C13H12N4O3S. The molecule has 0 aliphatic carbocycles. The predicted octanol–water partition coefficient (Wildman–Crippen LogP) is 1.54. The molecule has 0 saturated heterocycles. The monoisotopic (exact) mass is 304 g/mol. The number of rotatable bonds is 3. The van der Waals surface area contributed by atoms with Crippen molar-refractivity contribution in [3.63, 3.8) is 0 Å². The van der Waals surface area contributed by atoms with Gasteiger partial charge in [-0.15, -0.1) is 11.3 Å². The van der Waals surface area contributed by atoms with E-state index >= 15 is 0 Å². The average molecular weight is 304 g/mol. The number of aromatic nitrogens is 4. The van der Waals surface area contributed by atoms with Gasteiger partial charge in [0, 0.05) is 0 Å². The van der Waals surface area contributed by atoms with E-state index in [-0.39, 0.29) is 17.7 Å². The Kier molecular flexibility index (Phi) is 3.09. The zero-order valence-electron chi connectivity index (χ0n) is 11.4. The first-order valence-corrected chi connectivity index (χ1v) is 7.09. The SMILES string of the molecule is Cc1nn(Cc2nc3ccsc3c(=O)[nH]2)c(C)c1C(=O)O. The van der Waals surface area contributed by atoms with Crippen LogP contribution in [0.25, 0.3) is 10.2 Å². The van der Waals surface area contributed by atoms with E-state index in [1.165, 1.54) is 16.0 Å². The molecule has 3 heterocycles. The van der Waals surface area contributed by atoms with E-state index in [2.05, 4.69) is 15.1 Å². The molecule has 3 rings (SSSR count). The first kappa shape index (κ1) is 13.5. The molecule has 0 radical (unpaired) electrons. The Morgan fingerprint density at radius 1 is 1.48 bits per heavy atom. The quantitative estimate of drug-likeness (QED) is 0.764. The average Bonchev–Trinajstić information content (AvgIpc) is 2.95. The fraction of sp³-hybridized carbons (Fsp3) is 0.231. The van der Waals surface area contributed by atoms with Gasteiger partial charge in [-0.25, -0.2) is 9.78 Å². The van der Waals surface area contributed by atoms with Crippen molar-refractivity contribution in [2.24, 2.45) is 0 Å². The molecule has 2 N–H and O–H groups in total. The number of carboxylic acid groups (broad SMARTS) is 1. The van der Waals surface area contributed by atoms with Crippen LogP contribution < -0.4 is 5.56 Å². The maximum absolute atomic E-state index is 11.9. The predicted molar refractivity (Wildman–Crippen MR) is 78.0 cm³/mol. The van der Waals surface area contributed by atoms with Crippen LogP contribution in [-0.2, 0) is 6.54 Å². The summed E-state index contributed by atoms with van der Waals surface area (Å²) >= 11 is 1.34. The summed E-state index contributed by atoms with van der Waals surface area (Å²) in [6.45, 7) is 3.55. The second-order valence-electron chi connectivity index (χ2n) is 4.66. The van der Waals surface area contributed by atoms with Crippen molar-refractivity contribution < 1.29 is 9.90 Å². The van der Waals surface area contributed by atoms with Crippen LogP contribution in [0.15, 0.2) is 16.2 Å². The van der Waals surface area contributed by atoms with Gasteiger partial charge in [0.05, 0.1) is 23.4 Å². The van der Waals surface area contributed by atoms with Crippen LogP contribution in [0.3, 0.4) is 0 Å². The van der Waals surface area contributed by atoms with Gasteiger partial charge in [0.15, 0.2) is 0 Å². The Hall–Kier alpha value is -2.48. The van der Waals surface area contributed by atoms with Crippen molar-refractivity contribution in [2.75, 3.05) is 0 Å². The minimum atomic E-state index is -1.01. The van der Waals surface area contributed by atoms with E-state index in [9.17, 15) is 9.59 Å². The summed E-state index contributed by atoms with van der Waals surface area (Å²) in [7, 11) is 0. The molecule has 3 aromatic rings. The van der Waals surface area contributed by atoms with Crippen molar-refractivity contribution in [3.05, 3.63) is 44.6 Å². The summed E-state index contributed by atoms with van der Waals surface area (Å²) in [5.74, 6) is -0.556. The van der Waals surface area contributed by atoms with E-state index in [0.29, 0.717) is 27.4 Å². The first-order valence-electron chi connectivity index (χ1n) is 6.21. The third-order valence-corrected chi connectivity index (χ3v) is 4.16. The second kappa shape index (κ2) is 4.81. The molecule has 3 aromatic heterocycles. The first-order chi connectivity index (χ1) is 9.97. The Bertz CT molecular complexity index is 906. The molecule has 0 atom stereocenters. The van der Waals surface area contributed by atoms with Crippen molar-refractivity contribution in [2.45, 2.75) is 20.4 Å². The van der Waals surface area contributed by atoms with Gasteiger partial charge in [-0.2, -0.15) is 5.10 Å². The van der Waals surface area contributed by atoms with Crippen LogP contribution in [0.2, 0.25) is 0 Å². The van der Waals surface area contributed by atoms with Gasteiger partial charge in [-0.05, 0) is 25.3 Å². The molecular weight excluding hydrogens is 292 g/mol. The van der Waals surface area contributed by atoms with Gasteiger partial charge >= 0.3 is 5.97 Å². The third kappa shape index (κ3) is 2.23. The highest BCUT2D eigenvalue weighted by molar-refractivity contribution is 7.17. The molecule has 0 bridgehead atoms. The largest absolute Gasteiger partial charge is 0.478 e. The van der Waals surface area contributed by atoms with Crippen molar-refractivity contribution in [3.8, 4) is 0 Å². The van der Waals surface area contributed by atoms with E-state index < -0.39 is 5.97 Å². The Morgan fingerprint density at radius 2 is 2.24 bits per heavy atom. The highest BCUT2D eigenvalue weighted by Gasteiger charge is 2.18. The zero-order valence-corrected chi connectivity index (χ0v) is 12.2. The lowest BCUT2D eigenvalue weighted by Crippen LogP contribution is -2.15. The second-order valence-corrected chi connectivity index (χ2v) is 5.57. The number of aromatic carboxylic acids is 1. The number of carboxylic acids is 1. The fourth-order valence-electron chi connectivity index (χ4n) is 2.30. The maximum atomic E-state index is 11.9. The summed E-state index contributed by atoms with van der Waals surface area (Å²) in [4.78, 5) is 30.2. The molecule has 0 unspecified atom stereocenters. The highest BCUT2D eigenvalue weighted by Crippen LogP contribution is 2.16. The van der Waals surface area contributed by atoms with Gasteiger partial charge in [0.1, 0.15) is 16.1 Å². The Morgan fingerprint density at radius 3 is 2.90 bits per heavy atom. The number of aryl methyl sites for hydroxylation is 1. The molecule has 108 valence electrons. The number of nitrogens with zero attached hydrogens (tertiary/aromatic N) is 3. The molecule has 8 heteroatoms. The summed E-state index contributed by atoms with van der Waals surface area (Å²) in [6, 6.07) is 1.78. The van der Waals surface area contributed by atoms with Crippen molar-refractivity contribution in [1.82, 2.24) is 19.7 Å². The lowest BCUT2D eigenvalue weighted by molar-refractivity contribution is 0.0695. The van der Waals surface area contributed by atoms with Crippen molar-refractivity contribution >= 4 is 27.5 Å². The summed E-state index contributed by atoms with van der Waals surface area (Å²) in [5, 5.41) is 15.2. The van der Waals surface area contributed by atoms with Crippen LogP contribution in [-0.4, -0.2) is 30.8 Å².